The zero-order valence-electron chi connectivity index (χ0n) is 12.1. The lowest BCUT2D eigenvalue weighted by Crippen LogP contribution is -2.10. The maximum atomic E-state index is 10.6. The first kappa shape index (κ1) is 13.6. The summed E-state index contributed by atoms with van der Waals surface area (Å²) in [7, 11) is 0. The van der Waals surface area contributed by atoms with Crippen LogP contribution >= 0.6 is 0 Å². The van der Waals surface area contributed by atoms with E-state index in [0.717, 1.165) is 11.2 Å². The molecular weight excluding hydrogens is 264 g/mol. The van der Waals surface area contributed by atoms with Gasteiger partial charge in [-0.05, 0) is 32.0 Å². The van der Waals surface area contributed by atoms with E-state index in [1.807, 2.05) is 73.1 Å². The van der Waals surface area contributed by atoms with E-state index in [1.54, 1.807) is 0 Å². The number of aromatic nitrogens is 2. The molecule has 0 spiro atoms. The fourth-order valence-corrected chi connectivity index (χ4v) is 2.31. The first-order chi connectivity index (χ1) is 10.1. The molecule has 1 N–H and O–H groups in total. The Morgan fingerprint density at radius 3 is 2.62 bits per heavy atom. The Morgan fingerprint density at radius 2 is 1.86 bits per heavy atom. The predicted molar refractivity (Wildman–Crippen MR) is 81.5 cm³/mol. The summed E-state index contributed by atoms with van der Waals surface area (Å²) in [4.78, 5) is 4.47. The average Bonchev–Trinajstić information content (AvgIpc) is 2.90. The summed E-state index contributed by atoms with van der Waals surface area (Å²) in [5.41, 5.74) is 2.16. The summed E-state index contributed by atoms with van der Waals surface area (Å²) < 4.78 is 7.66. The normalized spacial score (nSPS) is 12.8. The van der Waals surface area contributed by atoms with Gasteiger partial charge in [0.2, 0.25) is 0 Å². The molecule has 0 saturated carbocycles. The zero-order chi connectivity index (χ0) is 14.8. The van der Waals surface area contributed by atoms with Crippen molar-refractivity contribution in [1.29, 1.82) is 0 Å². The summed E-state index contributed by atoms with van der Waals surface area (Å²) in [5, 5.41) is 10.6. The van der Waals surface area contributed by atoms with Gasteiger partial charge in [0.25, 0.3) is 0 Å². The van der Waals surface area contributed by atoms with Crippen LogP contribution in [0.1, 0.15) is 31.2 Å². The smallest absolute Gasteiger partial charge is 0.137 e. The largest absolute Gasteiger partial charge is 0.491 e. The Bertz CT molecular complexity index is 716. The van der Waals surface area contributed by atoms with E-state index in [0.29, 0.717) is 11.4 Å². The lowest BCUT2D eigenvalue weighted by atomic mass is 10.1. The van der Waals surface area contributed by atoms with Gasteiger partial charge in [-0.2, -0.15) is 0 Å². The van der Waals surface area contributed by atoms with Crippen LogP contribution in [0.25, 0.3) is 5.65 Å². The molecule has 0 aliphatic rings. The van der Waals surface area contributed by atoms with Crippen molar-refractivity contribution in [3.05, 3.63) is 66.1 Å². The van der Waals surface area contributed by atoms with Crippen LogP contribution in [-0.2, 0) is 0 Å². The van der Waals surface area contributed by atoms with Crippen molar-refractivity contribution in [2.45, 2.75) is 26.1 Å². The number of imidazole rings is 1. The fourth-order valence-electron chi connectivity index (χ4n) is 2.31. The summed E-state index contributed by atoms with van der Waals surface area (Å²) in [5.74, 6) is 0.692. The molecule has 0 aliphatic carbocycles. The Labute approximate surface area is 123 Å². The van der Waals surface area contributed by atoms with E-state index >= 15 is 0 Å². The molecule has 2 heterocycles. The number of para-hydroxylation sites is 1. The molecule has 0 aliphatic heterocycles. The second-order valence-electron chi connectivity index (χ2n) is 5.24. The molecule has 0 saturated heterocycles. The SMILES string of the molecule is CC(C)Oc1ccccc1C(O)c1cn2ccccc2n1. The Balaban J connectivity index is 1.99. The maximum absolute atomic E-state index is 10.6. The number of aliphatic hydroxyl groups is 1. The van der Waals surface area contributed by atoms with E-state index in [9.17, 15) is 5.11 Å². The van der Waals surface area contributed by atoms with E-state index in [4.69, 9.17) is 4.74 Å². The lowest BCUT2D eigenvalue weighted by molar-refractivity contribution is 0.195. The molecule has 2 aromatic heterocycles. The van der Waals surface area contributed by atoms with E-state index in [-0.39, 0.29) is 6.10 Å². The number of nitrogens with zero attached hydrogens (tertiary/aromatic N) is 2. The highest BCUT2D eigenvalue weighted by atomic mass is 16.5. The van der Waals surface area contributed by atoms with Crippen LogP contribution in [0.15, 0.2) is 54.9 Å². The Morgan fingerprint density at radius 1 is 1.10 bits per heavy atom. The minimum atomic E-state index is -0.806. The molecule has 3 rings (SSSR count). The van der Waals surface area contributed by atoms with Crippen LogP contribution in [-0.4, -0.2) is 20.6 Å². The molecule has 0 fully saturated rings. The first-order valence-corrected chi connectivity index (χ1v) is 7.02. The monoisotopic (exact) mass is 282 g/mol. The first-order valence-electron chi connectivity index (χ1n) is 7.02. The van der Waals surface area contributed by atoms with Gasteiger partial charge < -0.3 is 14.2 Å². The highest BCUT2D eigenvalue weighted by Crippen LogP contribution is 2.30. The van der Waals surface area contributed by atoms with Crippen molar-refractivity contribution >= 4 is 5.65 Å². The standard InChI is InChI=1S/C17H18N2O2/c1-12(2)21-15-8-4-3-7-13(15)17(20)14-11-19-10-6-5-9-16(19)18-14/h3-12,17,20H,1-2H3. The van der Waals surface area contributed by atoms with E-state index in [2.05, 4.69) is 4.98 Å². The molecule has 1 aromatic carbocycles. The summed E-state index contributed by atoms with van der Waals surface area (Å²) in [6, 6.07) is 13.3. The van der Waals surface area contributed by atoms with Gasteiger partial charge in [-0.25, -0.2) is 4.98 Å². The van der Waals surface area contributed by atoms with Crippen molar-refractivity contribution in [2.24, 2.45) is 0 Å². The molecule has 1 unspecified atom stereocenters. The van der Waals surface area contributed by atoms with Crippen molar-refractivity contribution in [2.75, 3.05) is 0 Å². The topological polar surface area (TPSA) is 46.8 Å². The van der Waals surface area contributed by atoms with Gasteiger partial charge in [-0.15, -0.1) is 0 Å². The molecule has 0 amide bonds. The number of pyridine rings is 1. The van der Waals surface area contributed by atoms with Gasteiger partial charge in [-0.1, -0.05) is 24.3 Å². The Kier molecular flexibility index (Phi) is 3.62. The molecule has 4 heteroatoms. The highest BCUT2D eigenvalue weighted by molar-refractivity contribution is 5.44. The zero-order valence-corrected chi connectivity index (χ0v) is 12.1. The molecule has 108 valence electrons. The van der Waals surface area contributed by atoms with Crippen molar-refractivity contribution < 1.29 is 9.84 Å². The summed E-state index contributed by atoms with van der Waals surface area (Å²) >= 11 is 0. The van der Waals surface area contributed by atoms with Gasteiger partial charge in [0.05, 0.1) is 11.8 Å². The van der Waals surface area contributed by atoms with Crippen molar-refractivity contribution in [3.8, 4) is 5.75 Å². The maximum Gasteiger partial charge on any atom is 0.137 e. The highest BCUT2D eigenvalue weighted by Gasteiger charge is 2.18. The molecule has 3 aromatic rings. The lowest BCUT2D eigenvalue weighted by Gasteiger charge is -2.16. The predicted octanol–water partition coefficient (Wildman–Crippen LogP) is 3.20. The number of hydrogen-bond donors (Lipinski definition) is 1. The van der Waals surface area contributed by atoms with Crippen LogP contribution in [0.3, 0.4) is 0 Å². The number of rotatable bonds is 4. The fraction of sp³-hybridized carbons (Fsp3) is 0.235. The van der Waals surface area contributed by atoms with Gasteiger partial charge >= 0.3 is 0 Å². The molecule has 1 atom stereocenters. The van der Waals surface area contributed by atoms with Crippen molar-refractivity contribution in [1.82, 2.24) is 9.38 Å². The Hall–Kier alpha value is -2.33. The molecule has 0 radical (unpaired) electrons. The van der Waals surface area contributed by atoms with Crippen LogP contribution in [0.5, 0.6) is 5.75 Å². The van der Waals surface area contributed by atoms with Gasteiger partial charge in [0.15, 0.2) is 0 Å². The molecule has 21 heavy (non-hydrogen) atoms. The third-order valence-corrected chi connectivity index (χ3v) is 3.24. The van der Waals surface area contributed by atoms with Gasteiger partial charge in [0, 0.05) is 18.0 Å². The average molecular weight is 282 g/mol. The molecular formula is C17H18N2O2. The van der Waals surface area contributed by atoms with Crippen molar-refractivity contribution in [3.63, 3.8) is 0 Å². The minimum Gasteiger partial charge on any atom is -0.491 e. The number of hydrogen-bond acceptors (Lipinski definition) is 3. The second kappa shape index (κ2) is 5.58. The van der Waals surface area contributed by atoms with Gasteiger partial charge in [-0.3, -0.25) is 0 Å². The van der Waals surface area contributed by atoms with Crippen LogP contribution in [0, 0.1) is 0 Å². The third kappa shape index (κ3) is 2.76. The summed E-state index contributed by atoms with van der Waals surface area (Å²) in [6.07, 6.45) is 3.00. The third-order valence-electron chi connectivity index (χ3n) is 3.24. The number of aliphatic hydroxyl groups excluding tert-OH is 1. The number of fused-ring (bicyclic) bond motifs is 1. The van der Waals surface area contributed by atoms with E-state index in [1.165, 1.54) is 0 Å². The van der Waals surface area contributed by atoms with Crippen LogP contribution < -0.4 is 4.74 Å². The number of ether oxygens (including phenoxy) is 1. The molecule has 0 bridgehead atoms. The minimum absolute atomic E-state index is 0.0550. The second-order valence-corrected chi connectivity index (χ2v) is 5.24. The molecule has 4 nitrogen and oxygen atoms in total. The summed E-state index contributed by atoms with van der Waals surface area (Å²) in [6.45, 7) is 3.93. The van der Waals surface area contributed by atoms with E-state index < -0.39 is 6.10 Å². The number of benzene rings is 1. The van der Waals surface area contributed by atoms with Crippen LogP contribution in [0.4, 0.5) is 0 Å². The quantitative estimate of drug-likeness (QED) is 0.799. The van der Waals surface area contributed by atoms with Crippen LogP contribution in [0.2, 0.25) is 0 Å². The van der Waals surface area contributed by atoms with Gasteiger partial charge in [0.1, 0.15) is 17.5 Å².